The van der Waals surface area contributed by atoms with E-state index in [2.05, 4.69) is 265 Å². The molecule has 2 aliphatic rings. The highest BCUT2D eigenvalue weighted by Gasteiger charge is 2.52. The van der Waals surface area contributed by atoms with E-state index >= 15 is 0 Å². The standard InChI is InChI=1S/C61H42N2/c1-4-17-43(18-5-1)45-31-37-49(38-32-45)62(50-39-33-46(34-40-50)44-19-6-2-7-20-44)51-41-35-47(36-42-51)52-24-16-28-57-60(52)53-23-10-11-25-54(53)61(57)55-26-12-14-29-58(55)63(48-21-8-3-9-22-48)59-30-15-13-27-56(59)61/h1-42H. The molecule has 0 saturated heterocycles. The fourth-order valence-corrected chi connectivity index (χ4v) is 10.4. The molecular weight excluding hydrogens is 761 g/mol. The predicted octanol–water partition coefficient (Wildman–Crippen LogP) is 16.3. The van der Waals surface area contributed by atoms with E-state index < -0.39 is 5.41 Å². The van der Waals surface area contributed by atoms with Gasteiger partial charge in [0.2, 0.25) is 0 Å². The Kier molecular flexibility index (Phi) is 8.76. The van der Waals surface area contributed by atoms with E-state index in [9.17, 15) is 0 Å². The van der Waals surface area contributed by atoms with Gasteiger partial charge in [-0.2, -0.15) is 0 Å². The molecule has 1 aliphatic carbocycles. The topological polar surface area (TPSA) is 6.48 Å². The zero-order valence-electron chi connectivity index (χ0n) is 34.6. The molecule has 1 heterocycles. The summed E-state index contributed by atoms with van der Waals surface area (Å²) in [6.45, 7) is 0. The number of hydrogen-bond donors (Lipinski definition) is 0. The second kappa shape index (κ2) is 15.1. The van der Waals surface area contributed by atoms with Gasteiger partial charge in [-0.05, 0) is 127 Å². The molecule has 1 aliphatic heterocycles. The van der Waals surface area contributed by atoms with Crippen LogP contribution in [-0.2, 0) is 5.41 Å². The van der Waals surface area contributed by atoms with Crippen molar-refractivity contribution in [3.63, 3.8) is 0 Å². The highest BCUT2D eigenvalue weighted by Crippen LogP contribution is 2.64. The van der Waals surface area contributed by atoms with Crippen LogP contribution >= 0.6 is 0 Å². The Morgan fingerprint density at radius 1 is 0.270 bits per heavy atom. The fourth-order valence-electron chi connectivity index (χ4n) is 10.4. The van der Waals surface area contributed by atoms with E-state index in [0.717, 1.165) is 22.7 Å². The first kappa shape index (κ1) is 36.6. The summed E-state index contributed by atoms with van der Waals surface area (Å²) in [7, 11) is 0. The smallest absolute Gasteiger partial charge is 0.0754 e. The lowest BCUT2D eigenvalue weighted by Crippen LogP contribution is -2.36. The largest absolute Gasteiger partial charge is 0.311 e. The van der Waals surface area contributed by atoms with Crippen LogP contribution in [0, 0.1) is 0 Å². The van der Waals surface area contributed by atoms with Gasteiger partial charge in [0.25, 0.3) is 0 Å². The highest BCUT2D eigenvalue weighted by atomic mass is 15.2. The molecule has 0 bridgehead atoms. The minimum atomic E-state index is -0.505. The average molecular weight is 803 g/mol. The van der Waals surface area contributed by atoms with E-state index in [1.54, 1.807) is 0 Å². The SMILES string of the molecule is c1ccc(-c2ccc(N(c3ccc(-c4ccccc4)cc3)c3ccc(-c4cccc5c4-c4ccccc4C54c5ccccc5N(c5ccccc5)c5ccccc54)cc3)cc2)cc1. The zero-order chi connectivity index (χ0) is 41.7. The first-order valence-electron chi connectivity index (χ1n) is 21.8. The lowest BCUT2D eigenvalue weighted by molar-refractivity contribution is 0.753. The molecule has 2 nitrogen and oxygen atoms in total. The Morgan fingerprint density at radius 2 is 0.651 bits per heavy atom. The lowest BCUT2D eigenvalue weighted by atomic mass is 9.64. The van der Waals surface area contributed by atoms with Gasteiger partial charge >= 0.3 is 0 Å². The van der Waals surface area contributed by atoms with Gasteiger partial charge in [-0.1, -0.05) is 194 Å². The third-order valence-corrected chi connectivity index (χ3v) is 13.1. The van der Waals surface area contributed by atoms with Gasteiger partial charge in [-0.3, -0.25) is 0 Å². The number of benzene rings is 10. The maximum absolute atomic E-state index is 2.44. The van der Waals surface area contributed by atoms with Crippen molar-refractivity contribution in [3.05, 3.63) is 277 Å². The van der Waals surface area contributed by atoms with Gasteiger partial charge in [-0.25, -0.2) is 0 Å². The summed E-state index contributed by atoms with van der Waals surface area (Å²) in [5, 5.41) is 0. The summed E-state index contributed by atoms with van der Waals surface area (Å²) in [5.41, 5.74) is 21.4. The van der Waals surface area contributed by atoms with Crippen LogP contribution in [0.15, 0.2) is 255 Å². The molecule has 1 spiro atoms. The van der Waals surface area contributed by atoms with Crippen molar-refractivity contribution in [1.29, 1.82) is 0 Å². The summed E-state index contributed by atoms with van der Waals surface area (Å²) in [6.07, 6.45) is 0. The van der Waals surface area contributed by atoms with Gasteiger partial charge in [0.15, 0.2) is 0 Å². The first-order chi connectivity index (χ1) is 31.3. The molecule has 296 valence electrons. The molecule has 0 amide bonds. The van der Waals surface area contributed by atoms with E-state index in [4.69, 9.17) is 0 Å². The first-order valence-corrected chi connectivity index (χ1v) is 21.8. The van der Waals surface area contributed by atoms with Crippen LogP contribution in [-0.4, -0.2) is 0 Å². The molecule has 10 aromatic carbocycles. The Balaban J connectivity index is 0.994. The number of fused-ring (bicyclic) bond motifs is 9. The molecule has 0 N–H and O–H groups in total. The van der Waals surface area contributed by atoms with Crippen molar-refractivity contribution < 1.29 is 0 Å². The molecule has 2 heteroatoms. The maximum Gasteiger partial charge on any atom is 0.0754 e. The van der Waals surface area contributed by atoms with Crippen molar-refractivity contribution >= 4 is 34.1 Å². The maximum atomic E-state index is 2.44. The van der Waals surface area contributed by atoms with Gasteiger partial charge in [-0.15, -0.1) is 0 Å². The highest BCUT2D eigenvalue weighted by molar-refractivity contribution is 6.00. The quantitative estimate of drug-likeness (QED) is 0.158. The summed E-state index contributed by atoms with van der Waals surface area (Å²) < 4.78 is 0. The van der Waals surface area contributed by atoms with Gasteiger partial charge in [0.1, 0.15) is 0 Å². The van der Waals surface area contributed by atoms with Crippen LogP contribution in [0.1, 0.15) is 22.3 Å². The Labute approximate surface area is 369 Å². The van der Waals surface area contributed by atoms with E-state index in [0.29, 0.717) is 0 Å². The second-order valence-corrected chi connectivity index (χ2v) is 16.4. The molecule has 63 heavy (non-hydrogen) atoms. The van der Waals surface area contributed by atoms with Crippen molar-refractivity contribution in [3.8, 4) is 44.5 Å². The third kappa shape index (κ3) is 5.87. The monoisotopic (exact) mass is 802 g/mol. The minimum absolute atomic E-state index is 0.505. The number of para-hydroxylation sites is 3. The average Bonchev–Trinajstić information content (AvgIpc) is 3.66. The molecule has 10 aromatic rings. The van der Waals surface area contributed by atoms with E-state index in [-0.39, 0.29) is 0 Å². The van der Waals surface area contributed by atoms with E-state index in [1.165, 1.54) is 78.1 Å². The van der Waals surface area contributed by atoms with Crippen molar-refractivity contribution in [2.45, 2.75) is 5.41 Å². The van der Waals surface area contributed by atoms with Gasteiger partial charge in [0, 0.05) is 22.7 Å². The third-order valence-electron chi connectivity index (χ3n) is 13.1. The van der Waals surface area contributed by atoms with Gasteiger partial charge < -0.3 is 9.80 Å². The molecule has 0 unspecified atom stereocenters. The predicted molar refractivity (Wildman–Crippen MR) is 263 cm³/mol. The Bertz CT molecular complexity index is 3120. The normalized spacial score (nSPS) is 12.9. The lowest BCUT2D eigenvalue weighted by Gasteiger charge is -2.45. The van der Waals surface area contributed by atoms with Crippen LogP contribution in [0.25, 0.3) is 44.5 Å². The fraction of sp³-hybridized carbons (Fsp3) is 0.0164. The molecule has 12 rings (SSSR count). The summed E-state index contributed by atoms with van der Waals surface area (Å²) >= 11 is 0. The van der Waals surface area contributed by atoms with E-state index in [1.807, 2.05) is 0 Å². The summed E-state index contributed by atoms with van der Waals surface area (Å²) in [4.78, 5) is 4.80. The van der Waals surface area contributed by atoms with Gasteiger partial charge in [0.05, 0.1) is 16.8 Å². The molecule has 0 fully saturated rings. The van der Waals surface area contributed by atoms with Crippen molar-refractivity contribution in [1.82, 2.24) is 0 Å². The number of hydrogen-bond acceptors (Lipinski definition) is 2. The molecule has 0 aromatic heterocycles. The van der Waals surface area contributed by atoms with Crippen molar-refractivity contribution in [2.24, 2.45) is 0 Å². The second-order valence-electron chi connectivity index (χ2n) is 16.4. The minimum Gasteiger partial charge on any atom is -0.311 e. The summed E-state index contributed by atoms with van der Waals surface area (Å²) in [5.74, 6) is 0. The zero-order valence-corrected chi connectivity index (χ0v) is 34.6. The Hall–Kier alpha value is -8.20. The molecule has 0 atom stereocenters. The van der Waals surface area contributed by atoms with Crippen LogP contribution in [0.3, 0.4) is 0 Å². The van der Waals surface area contributed by atoms with Crippen LogP contribution < -0.4 is 9.80 Å². The Morgan fingerprint density at radius 3 is 1.17 bits per heavy atom. The number of nitrogens with zero attached hydrogens (tertiary/aromatic N) is 2. The van der Waals surface area contributed by atoms with Crippen LogP contribution in [0.2, 0.25) is 0 Å². The van der Waals surface area contributed by atoms with Crippen molar-refractivity contribution in [2.75, 3.05) is 9.80 Å². The summed E-state index contributed by atoms with van der Waals surface area (Å²) in [6, 6.07) is 93.1. The molecule has 0 radical (unpaired) electrons. The van der Waals surface area contributed by atoms with Crippen LogP contribution in [0.5, 0.6) is 0 Å². The number of rotatable bonds is 7. The van der Waals surface area contributed by atoms with Crippen LogP contribution in [0.4, 0.5) is 34.1 Å². The molecule has 0 saturated carbocycles. The molecular formula is C61H42N2. The number of anilines is 6.